The monoisotopic (exact) mass is 184 g/mol. The summed E-state index contributed by atoms with van der Waals surface area (Å²) in [5.41, 5.74) is 2.33. The normalized spacial score (nSPS) is 15.4. The van der Waals surface area contributed by atoms with Crippen LogP contribution in [0.3, 0.4) is 0 Å². The maximum Gasteiger partial charge on any atom is 0.0136 e. The molecule has 0 aromatic heterocycles. The Kier molecular flexibility index (Phi) is 4.66. The SMILES string of the molecule is C#CC1=C(C#CCC/C=C/C)CCC1. The zero-order valence-corrected chi connectivity index (χ0v) is 8.77. The van der Waals surface area contributed by atoms with Gasteiger partial charge in [0.1, 0.15) is 0 Å². The van der Waals surface area contributed by atoms with Gasteiger partial charge >= 0.3 is 0 Å². The van der Waals surface area contributed by atoms with Crippen molar-refractivity contribution in [3.8, 4) is 24.2 Å². The van der Waals surface area contributed by atoms with Crippen LogP contribution in [0.1, 0.15) is 39.0 Å². The van der Waals surface area contributed by atoms with Crippen LogP contribution in [0.2, 0.25) is 0 Å². The van der Waals surface area contributed by atoms with E-state index in [-0.39, 0.29) is 0 Å². The van der Waals surface area contributed by atoms with Gasteiger partial charge in [0.15, 0.2) is 0 Å². The Morgan fingerprint density at radius 2 is 2.14 bits per heavy atom. The lowest BCUT2D eigenvalue weighted by molar-refractivity contribution is 0.910. The molecule has 1 aliphatic rings. The lowest BCUT2D eigenvalue weighted by atomic mass is 10.1. The van der Waals surface area contributed by atoms with E-state index in [9.17, 15) is 0 Å². The number of hydrogen-bond donors (Lipinski definition) is 0. The van der Waals surface area contributed by atoms with Crippen molar-refractivity contribution < 1.29 is 0 Å². The molecule has 0 atom stereocenters. The molecule has 0 saturated carbocycles. The van der Waals surface area contributed by atoms with Crippen molar-refractivity contribution in [3.05, 3.63) is 23.3 Å². The van der Waals surface area contributed by atoms with E-state index in [4.69, 9.17) is 6.42 Å². The van der Waals surface area contributed by atoms with Gasteiger partial charge in [-0.15, -0.1) is 6.42 Å². The summed E-state index contributed by atoms with van der Waals surface area (Å²) in [5, 5.41) is 0. The lowest BCUT2D eigenvalue weighted by Gasteiger charge is -1.89. The predicted molar refractivity (Wildman–Crippen MR) is 61.5 cm³/mol. The fourth-order valence-corrected chi connectivity index (χ4v) is 1.53. The molecule has 0 radical (unpaired) electrons. The molecule has 72 valence electrons. The van der Waals surface area contributed by atoms with Crippen LogP contribution in [0.5, 0.6) is 0 Å². The van der Waals surface area contributed by atoms with Gasteiger partial charge in [0.2, 0.25) is 0 Å². The quantitative estimate of drug-likeness (QED) is 0.350. The van der Waals surface area contributed by atoms with Crippen molar-refractivity contribution in [1.29, 1.82) is 0 Å². The van der Waals surface area contributed by atoms with Gasteiger partial charge in [-0.3, -0.25) is 0 Å². The highest BCUT2D eigenvalue weighted by molar-refractivity contribution is 5.44. The summed E-state index contributed by atoms with van der Waals surface area (Å²) in [6, 6.07) is 0. The van der Waals surface area contributed by atoms with E-state index in [0.29, 0.717) is 0 Å². The highest BCUT2D eigenvalue weighted by atomic mass is 14.1. The second kappa shape index (κ2) is 6.11. The Bertz CT molecular complexity index is 336. The van der Waals surface area contributed by atoms with Gasteiger partial charge in [0, 0.05) is 17.6 Å². The smallest absolute Gasteiger partial charge is 0.0136 e. The molecular weight excluding hydrogens is 168 g/mol. The zero-order chi connectivity index (χ0) is 10.2. The van der Waals surface area contributed by atoms with E-state index < -0.39 is 0 Å². The minimum Gasteiger partial charge on any atom is -0.115 e. The third-order valence-corrected chi connectivity index (χ3v) is 2.30. The number of rotatable bonds is 2. The Labute approximate surface area is 87.1 Å². The van der Waals surface area contributed by atoms with Gasteiger partial charge in [0.25, 0.3) is 0 Å². The number of hydrogen-bond acceptors (Lipinski definition) is 0. The highest BCUT2D eigenvalue weighted by Gasteiger charge is 2.09. The van der Waals surface area contributed by atoms with Gasteiger partial charge in [-0.05, 0) is 32.6 Å². The van der Waals surface area contributed by atoms with Crippen molar-refractivity contribution in [1.82, 2.24) is 0 Å². The van der Waals surface area contributed by atoms with Crippen LogP contribution in [0.4, 0.5) is 0 Å². The van der Waals surface area contributed by atoms with E-state index in [1.54, 1.807) is 0 Å². The Morgan fingerprint density at radius 1 is 1.36 bits per heavy atom. The molecule has 1 rings (SSSR count). The predicted octanol–water partition coefficient (Wildman–Crippen LogP) is 3.46. The summed E-state index contributed by atoms with van der Waals surface area (Å²) in [4.78, 5) is 0. The van der Waals surface area contributed by atoms with Crippen molar-refractivity contribution >= 4 is 0 Å². The molecule has 0 saturated heterocycles. The molecule has 0 N–H and O–H groups in total. The summed E-state index contributed by atoms with van der Waals surface area (Å²) in [6.45, 7) is 2.03. The van der Waals surface area contributed by atoms with Gasteiger partial charge in [0.05, 0.1) is 0 Å². The maximum atomic E-state index is 5.39. The topological polar surface area (TPSA) is 0 Å². The molecule has 0 aromatic carbocycles. The minimum atomic E-state index is 0.936. The fourth-order valence-electron chi connectivity index (χ4n) is 1.53. The average molecular weight is 184 g/mol. The van der Waals surface area contributed by atoms with E-state index in [1.165, 1.54) is 12.0 Å². The van der Waals surface area contributed by atoms with Crippen LogP contribution in [0.15, 0.2) is 23.3 Å². The third kappa shape index (κ3) is 3.15. The summed E-state index contributed by atoms with van der Waals surface area (Å²) >= 11 is 0. The van der Waals surface area contributed by atoms with Crippen LogP contribution >= 0.6 is 0 Å². The van der Waals surface area contributed by atoms with Gasteiger partial charge in [-0.1, -0.05) is 29.9 Å². The molecule has 0 heterocycles. The summed E-state index contributed by atoms with van der Waals surface area (Å²) in [5.74, 6) is 9.10. The molecule has 0 nitrogen and oxygen atoms in total. The summed E-state index contributed by atoms with van der Waals surface area (Å²) < 4.78 is 0. The maximum absolute atomic E-state index is 5.39. The van der Waals surface area contributed by atoms with Gasteiger partial charge in [-0.25, -0.2) is 0 Å². The number of unbranched alkanes of at least 4 members (excludes halogenated alkanes) is 1. The van der Waals surface area contributed by atoms with Gasteiger partial charge < -0.3 is 0 Å². The second-order valence-electron chi connectivity index (χ2n) is 3.36. The minimum absolute atomic E-state index is 0.936. The largest absolute Gasteiger partial charge is 0.115 e. The molecule has 0 aromatic rings. The molecule has 0 spiro atoms. The zero-order valence-electron chi connectivity index (χ0n) is 8.77. The fraction of sp³-hybridized carbons (Fsp3) is 0.429. The molecule has 0 amide bonds. The van der Waals surface area contributed by atoms with Crippen LogP contribution in [-0.4, -0.2) is 0 Å². The van der Waals surface area contributed by atoms with E-state index in [0.717, 1.165) is 31.3 Å². The first-order chi connectivity index (χ1) is 6.88. The van der Waals surface area contributed by atoms with Crippen molar-refractivity contribution in [2.75, 3.05) is 0 Å². The summed E-state index contributed by atoms with van der Waals surface area (Å²) in [6.07, 6.45) is 14.9. The van der Waals surface area contributed by atoms with E-state index in [1.807, 2.05) is 6.92 Å². The van der Waals surface area contributed by atoms with Crippen molar-refractivity contribution in [3.63, 3.8) is 0 Å². The molecule has 0 unspecified atom stereocenters. The highest BCUT2D eigenvalue weighted by Crippen LogP contribution is 2.24. The van der Waals surface area contributed by atoms with Crippen LogP contribution in [0, 0.1) is 24.2 Å². The van der Waals surface area contributed by atoms with Crippen molar-refractivity contribution in [2.24, 2.45) is 0 Å². The van der Waals surface area contributed by atoms with Crippen LogP contribution in [0.25, 0.3) is 0 Å². The van der Waals surface area contributed by atoms with E-state index in [2.05, 4.69) is 29.9 Å². The first kappa shape index (κ1) is 10.7. The molecule has 0 bridgehead atoms. The first-order valence-corrected chi connectivity index (χ1v) is 5.17. The Morgan fingerprint density at radius 3 is 2.86 bits per heavy atom. The van der Waals surface area contributed by atoms with Gasteiger partial charge in [-0.2, -0.15) is 0 Å². The molecule has 0 fully saturated rings. The number of terminal acetylenes is 1. The van der Waals surface area contributed by atoms with Crippen LogP contribution in [-0.2, 0) is 0 Å². The standard InChI is InChI=1S/C14H16/c1-3-5-6-7-8-10-14-12-9-11-13(14)4-2/h2-3,5H,6-7,9,11-12H2,1H3/b5-3+. The van der Waals surface area contributed by atoms with E-state index >= 15 is 0 Å². The molecule has 14 heavy (non-hydrogen) atoms. The molecule has 0 heteroatoms. The van der Waals surface area contributed by atoms with Crippen molar-refractivity contribution in [2.45, 2.75) is 39.0 Å². The number of allylic oxidation sites excluding steroid dienone is 4. The second-order valence-corrected chi connectivity index (χ2v) is 3.36. The molecule has 0 aliphatic heterocycles. The average Bonchev–Trinajstić information content (AvgIpc) is 2.65. The lowest BCUT2D eigenvalue weighted by Crippen LogP contribution is -1.76. The third-order valence-electron chi connectivity index (χ3n) is 2.30. The molecular formula is C14H16. The summed E-state index contributed by atoms with van der Waals surface area (Å²) in [7, 11) is 0. The molecule has 1 aliphatic carbocycles. The Balaban J connectivity index is 2.47. The van der Waals surface area contributed by atoms with Crippen LogP contribution < -0.4 is 0 Å². The Hall–Kier alpha value is -1.40. The first-order valence-electron chi connectivity index (χ1n) is 5.17.